The summed E-state index contributed by atoms with van der Waals surface area (Å²) in [4.78, 5) is 9.40. The molecule has 1 aromatic heterocycles. The summed E-state index contributed by atoms with van der Waals surface area (Å²) in [5, 5.41) is 6.24. The number of halogens is 3. The lowest BCUT2D eigenvalue weighted by atomic mass is 10.1. The average molecular weight is 386 g/mol. The summed E-state index contributed by atoms with van der Waals surface area (Å²) in [6, 6.07) is 5.17. The summed E-state index contributed by atoms with van der Waals surface area (Å²) in [7, 11) is 1.63. The van der Waals surface area contributed by atoms with Crippen LogP contribution in [-0.2, 0) is 13.1 Å². The van der Waals surface area contributed by atoms with Crippen molar-refractivity contribution in [2.24, 2.45) is 4.99 Å². The number of nitrogens with one attached hydrogen (secondary N) is 2. The minimum Gasteiger partial charge on any atom is -0.484 e. The molecular weight excluding hydrogens is 365 g/mol. The van der Waals surface area contributed by atoms with E-state index in [-0.39, 0.29) is 12.3 Å². The van der Waals surface area contributed by atoms with Gasteiger partial charge in [0.1, 0.15) is 5.75 Å². The van der Waals surface area contributed by atoms with Gasteiger partial charge in [-0.25, -0.2) is 4.98 Å². The van der Waals surface area contributed by atoms with E-state index < -0.39 is 12.8 Å². The number of aliphatic imine (C=N–C) groups is 1. The predicted molar refractivity (Wildman–Crippen MR) is 96.6 cm³/mol. The molecule has 0 radical (unpaired) electrons. The van der Waals surface area contributed by atoms with Crippen LogP contribution in [0.5, 0.6) is 5.75 Å². The van der Waals surface area contributed by atoms with E-state index in [0.717, 1.165) is 16.1 Å². The molecule has 0 amide bonds. The molecule has 0 unspecified atom stereocenters. The summed E-state index contributed by atoms with van der Waals surface area (Å²) in [6.07, 6.45) is -4.38. The van der Waals surface area contributed by atoms with Crippen molar-refractivity contribution in [1.29, 1.82) is 0 Å². The molecule has 5 nitrogen and oxygen atoms in total. The standard InChI is InChI=1S/C17H21F3N4OS/c1-11-4-5-13(14(6-11)25-9-17(18,19)20)7-22-16(21-3)23-8-15-12(2)24-10-26-15/h4-6,10H,7-9H2,1-3H3,(H2,21,22,23). The summed E-state index contributed by atoms with van der Waals surface area (Å²) >= 11 is 1.55. The molecular formula is C17H21F3N4OS. The molecule has 0 spiro atoms. The van der Waals surface area contributed by atoms with Crippen LogP contribution in [0.4, 0.5) is 13.2 Å². The zero-order valence-electron chi connectivity index (χ0n) is 14.8. The first-order valence-electron chi connectivity index (χ1n) is 7.91. The van der Waals surface area contributed by atoms with E-state index in [1.54, 1.807) is 43.0 Å². The zero-order valence-corrected chi connectivity index (χ0v) is 15.6. The van der Waals surface area contributed by atoms with Gasteiger partial charge in [0.15, 0.2) is 12.6 Å². The molecule has 0 aliphatic rings. The molecule has 0 bridgehead atoms. The SMILES string of the molecule is CN=C(NCc1ccc(C)cc1OCC(F)(F)F)NCc1scnc1C. The van der Waals surface area contributed by atoms with Gasteiger partial charge in [-0.1, -0.05) is 12.1 Å². The van der Waals surface area contributed by atoms with Crippen molar-refractivity contribution in [3.05, 3.63) is 45.4 Å². The molecule has 0 aliphatic heterocycles. The van der Waals surface area contributed by atoms with Gasteiger partial charge in [0.25, 0.3) is 0 Å². The number of benzene rings is 1. The second-order valence-corrected chi connectivity index (χ2v) is 6.59. The maximum Gasteiger partial charge on any atom is 0.422 e. The zero-order chi connectivity index (χ0) is 19.2. The Morgan fingerprint density at radius 2 is 1.96 bits per heavy atom. The molecule has 0 atom stereocenters. The number of guanidine groups is 1. The summed E-state index contributed by atoms with van der Waals surface area (Å²) < 4.78 is 42.3. The molecule has 2 rings (SSSR count). The van der Waals surface area contributed by atoms with Crippen molar-refractivity contribution in [3.8, 4) is 5.75 Å². The second-order valence-electron chi connectivity index (χ2n) is 5.66. The maximum atomic E-state index is 12.4. The Labute approximate surface area is 154 Å². The van der Waals surface area contributed by atoms with E-state index in [4.69, 9.17) is 4.74 Å². The normalized spacial score (nSPS) is 12.2. The van der Waals surface area contributed by atoms with Crippen molar-refractivity contribution >= 4 is 17.3 Å². The van der Waals surface area contributed by atoms with Gasteiger partial charge in [-0.05, 0) is 25.5 Å². The molecule has 9 heteroatoms. The first-order chi connectivity index (χ1) is 12.3. The van der Waals surface area contributed by atoms with Crippen LogP contribution in [0.15, 0.2) is 28.7 Å². The van der Waals surface area contributed by atoms with Gasteiger partial charge in [0.2, 0.25) is 0 Å². The number of alkyl halides is 3. The fourth-order valence-corrected chi connectivity index (χ4v) is 2.88. The van der Waals surface area contributed by atoms with Crippen molar-refractivity contribution in [1.82, 2.24) is 15.6 Å². The topological polar surface area (TPSA) is 58.5 Å². The van der Waals surface area contributed by atoms with Crippen molar-refractivity contribution in [2.75, 3.05) is 13.7 Å². The van der Waals surface area contributed by atoms with Crippen LogP contribution in [0, 0.1) is 13.8 Å². The van der Waals surface area contributed by atoms with Crippen molar-refractivity contribution in [3.63, 3.8) is 0 Å². The number of nitrogens with zero attached hydrogens (tertiary/aromatic N) is 2. The van der Waals surface area contributed by atoms with Gasteiger partial charge in [-0.3, -0.25) is 4.99 Å². The average Bonchev–Trinajstić information content (AvgIpc) is 2.99. The number of aryl methyl sites for hydroxylation is 2. The van der Waals surface area contributed by atoms with Crippen LogP contribution in [-0.4, -0.2) is 30.8 Å². The Morgan fingerprint density at radius 1 is 1.23 bits per heavy atom. The molecule has 0 aliphatic carbocycles. The number of rotatable bonds is 6. The Balaban J connectivity index is 1.97. The van der Waals surface area contributed by atoms with E-state index in [0.29, 0.717) is 18.1 Å². The quantitative estimate of drug-likeness (QED) is 0.589. The Hall–Kier alpha value is -2.29. The summed E-state index contributed by atoms with van der Waals surface area (Å²) in [5.74, 6) is 0.753. The fourth-order valence-electron chi connectivity index (χ4n) is 2.16. The van der Waals surface area contributed by atoms with Crippen LogP contribution < -0.4 is 15.4 Å². The van der Waals surface area contributed by atoms with E-state index in [9.17, 15) is 13.2 Å². The monoisotopic (exact) mass is 386 g/mol. The third kappa shape index (κ3) is 6.21. The van der Waals surface area contributed by atoms with Gasteiger partial charge >= 0.3 is 6.18 Å². The number of hydrogen-bond acceptors (Lipinski definition) is 4. The molecule has 26 heavy (non-hydrogen) atoms. The van der Waals surface area contributed by atoms with E-state index in [2.05, 4.69) is 20.6 Å². The predicted octanol–water partition coefficient (Wildman–Crippen LogP) is 3.57. The number of ether oxygens (including phenoxy) is 1. The largest absolute Gasteiger partial charge is 0.484 e. The molecule has 0 saturated carbocycles. The smallest absolute Gasteiger partial charge is 0.422 e. The number of hydrogen-bond donors (Lipinski definition) is 2. The molecule has 0 fully saturated rings. The van der Waals surface area contributed by atoms with Crippen LogP contribution in [0.2, 0.25) is 0 Å². The molecule has 1 aromatic carbocycles. The highest BCUT2D eigenvalue weighted by atomic mass is 32.1. The molecule has 0 saturated heterocycles. The third-order valence-electron chi connectivity index (χ3n) is 3.55. The van der Waals surface area contributed by atoms with Crippen LogP contribution >= 0.6 is 11.3 Å². The van der Waals surface area contributed by atoms with E-state index >= 15 is 0 Å². The van der Waals surface area contributed by atoms with E-state index in [1.165, 1.54) is 0 Å². The summed E-state index contributed by atoms with van der Waals surface area (Å²) in [5.41, 5.74) is 4.18. The van der Waals surface area contributed by atoms with Crippen molar-refractivity contribution in [2.45, 2.75) is 33.1 Å². The van der Waals surface area contributed by atoms with Crippen molar-refractivity contribution < 1.29 is 17.9 Å². The lowest BCUT2D eigenvalue weighted by molar-refractivity contribution is -0.153. The highest BCUT2D eigenvalue weighted by molar-refractivity contribution is 7.09. The maximum absolute atomic E-state index is 12.4. The second kappa shape index (κ2) is 8.88. The third-order valence-corrected chi connectivity index (χ3v) is 4.48. The highest BCUT2D eigenvalue weighted by Crippen LogP contribution is 2.23. The van der Waals surface area contributed by atoms with Crippen LogP contribution in [0.3, 0.4) is 0 Å². The van der Waals surface area contributed by atoms with Crippen LogP contribution in [0.25, 0.3) is 0 Å². The minimum atomic E-state index is -4.38. The van der Waals surface area contributed by atoms with Gasteiger partial charge in [-0.15, -0.1) is 11.3 Å². The van der Waals surface area contributed by atoms with Gasteiger partial charge in [0, 0.05) is 24.0 Å². The summed E-state index contributed by atoms with van der Waals surface area (Å²) in [6.45, 7) is 3.27. The molecule has 2 N–H and O–H groups in total. The number of aromatic nitrogens is 1. The minimum absolute atomic E-state index is 0.212. The van der Waals surface area contributed by atoms with Crippen LogP contribution in [0.1, 0.15) is 21.7 Å². The molecule has 1 heterocycles. The van der Waals surface area contributed by atoms with E-state index in [1.807, 2.05) is 13.0 Å². The fraction of sp³-hybridized carbons (Fsp3) is 0.412. The Bertz CT molecular complexity index is 759. The van der Waals surface area contributed by atoms with Gasteiger partial charge in [0.05, 0.1) is 17.7 Å². The first-order valence-corrected chi connectivity index (χ1v) is 8.79. The molecule has 2 aromatic rings. The lowest BCUT2D eigenvalue weighted by Crippen LogP contribution is -2.36. The molecule has 142 valence electrons. The van der Waals surface area contributed by atoms with Gasteiger partial charge < -0.3 is 15.4 Å². The first kappa shape index (κ1) is 20.0. The Kier molecular flexibility index (Phi) is 6.84. The van der Waals surface area contributed by atoms with Gasteiger partial charge in [-0.2, -0.15) is 13.2 Å². The lowest BCUT2D eigenvalue weighted by Gasteiger charge is -2.16. The highest BCUT2D eigenvalue weighted by Gasteiger charge is 2.28. The number of thiazole rings is 1. The Morgan fingerprint density at radius 3 is 2.58 bits per heavy atom.